The maximum atomic E-state index is 13.0. The fraction of sp³-hybridized carbons (Fsp3) is 0.0833. The first-order valence-electron chi connectivity index (χ1n) is 9.77. The van der Waals surface area contributed by atoms with Gasteiger partial charge in [-0.3, -0.25) is 9.38 Å². The second kappa shape index (κ2) is 7.95. The predicted octanol–water partition coefficient (Wildman–Crippen LogP) is 4.88. The highest BCUT2D eigenvalue weighted by molar-refractivity contribution is 5.81. The van der Waals surface area contributed by atoms with E-state index in [1.165, 1.54) is 12.1 Å². The molecule has 0 amide bonds. The summed E-state index contributed by atoms with van der Waals surface area (Å²) in [6.45, 7) is 2.26. The van der Waals surface area contributed by atoms with Crippen LogP contribution in [0.3, 0.4) is 0 Å². The molecule has 7 heteroatoms. The Balaban J connectivity index is 1.49. The zero-order valence-electron chi connectivity index (χ0n) is 16.7. The van der Waals surface area contributed by atoms with Crippen LogP contribution in [-0.4, -0.2) is 24.3 Å². The first-order chi connectivity index (χ1) is 15.2. The lowest BCUT2D eigenvalue weighted by Crippen LogP contribution is -1.98. The van der Waals surface area contributed by atoms with Gasteiger partial charge in [0.2, 0.25) is 11.7 Å². The van der Waals surface area contributed by atoms with E-state index in [-0.39, 0.29) is 5.82 Å². The molecule has 4 aromatic heterocycles. The van der Waals surface area contributed by atoms with E-state index < -0.39 is 0 Å². The molecule has 0 unspecified atom stereocenters. The standard InChI is InChI=1S/C24H18FN5O/c1-16-13-18(9-11-26-16)22-23(30-12-2-10-27-24(30)29-22)19-5-8-21(28-14-19)31-15-17-3-6-20(25)7-4-17/h2-14H,15H2,1H3. The molecule has 0 atom stereocenters. The average Bonchev–Trinajstić information content (AvgIpc) is 3.19. The molecule has 0 N–H and O–H groups in total. The number of benzene rings is 1. The molecular weight excluding hydrogens is 393 g/mol. The third-order valence-corrected chi connectivity index (χ3v) is 4.88. The number of hydrogen-bond donors (Lipinski definition) is 0. The van der Waals surface area contributed by atoms with E-state index in [2.05, 4.69) is 15.0 Å². The number of hydrogen-bond acceptors (Lipinski definition) is 5. The summed E-state index contributed by atoms with van der Waals surface area (Å²) >= 11 is 0. The van der Waals surface area contributed by atoms with Gasteiger partial charge in [0.15, 0.2) is 0 Å². The quantitative estimate of drug-likeness (QED) is 0.412. The summed E-state index contributed by atoms with van der Waals surface area (Å²) in [6, 6.07) is 15.8. The highest BCUT2D eigenvalue weighted by Gasteiger charge is 2.17. The maximum Gasteiger partial charge on any atom is 0.234 e. The van der Waals surface area contributed by atoms with Crippen LogP contribution in [0.1, 0.15) is 11.3 Å². The molecule has 1 aromatic carbocycles. The molecule has 152 valence electrons. The Bertz CT molecular complexity index is 1350. The molecule has 4 heterocycles. The minimum Gasteiger partial charge on any atom is -0.473 e. The zero-order valence-corrected chi connectivity index (χ0v) is 16.7. The summed E-state index contributed by atoms with van der Waals surface area (Å²) < 4.78 is 20.7. The van der Waals surface area contributed by atoms with E-state index in [4.69, 9.17) is 9.72 Å². The summed E-state index contributed by atoms with van der Waals surface area (Å²) in [4.78, 5) is 17.9. The van der Waals surface area contributed by atoms with Gasteiger partial charge in [-0.2, -0.15) is 0 Å². The summed E-state index contributed by atoms with van der Waals surface area (Å²) in [5.41, 5.74) is 5.34. The van der Waals surface area contributed by atoms with Crippen molar-refractivity contribution < 1.29 is 9.13 Å². The van der Waals surface area contributed by atoms with Crippen molar-refractivity contribution in [3.05, 3.63) is 96.5 Å². The molecule has 0 aliphatic heterocycles. The van der Waals surface area contributed by atoms with Crippen molar-refractivity contribution in [2.75, 3.05) is 0 Å². The largest absolute Gasteiger partial charge is 0.473 e. The second-order valence-corrected chi connectivity index (χ2v) is 7.08. The van der Waals surface area contributed by atoms with Crippen LogP contribution < -0.4 is 4.74 Å². The van der Waals surface area contributed by atoms with Crippen LogP contribution in [0.15, 0.2) is 79.4 Å². The number of aryl methyl sites for hydroxylation is 1. The van der Waals surface area contributed by atoms with Crippen molar-refractivity contribution in [2.24, 2.45) is 0 Å². The third-order valence-electron chi connectivity index (χ3n) is 4.88. The average molecular weight is 411 g/mol. The Kier molecular flexibility index (Phi) is 4.84. The molecule has 6 nitrogen and oxygen atoms in total. The van der Waals surface area contributed by atoms with Gasteiger partial charge >= 0.3 is 0 Å². The first kappa shape index (κ1) is 18.9. The normalized spacial score (nSPS) is 11.0. The number of aromatic nitrogens is 5. The molecule has 31 heavy (non-hydrogen) atoms. The van der Waals surface area contributed by atoms with Gasteiger partial charge in [-0.05, 0) is 48.9 Å². The molecule has 0 radical (unpaired) electrons. The molecule has 0 bridgehead atoms. The van der Waals surface area contributed by atoms with Gasteiger partial charge in [0, 0.05) is 47.7 Å². The Morgan fingerprint density at radius 3 is 2.58 bits per heavy atom. The number of rotatable bonds is 5. The van der Waals surface area contributed by atoms with Gasteiger partial charge in [-0.15, -0.1) is 0 Å². The first-order valence-corrected chi connectivity index (χ1v) is 9.77. The van der Waals surface area contributed by atoms with Crippen LogP contribution in [-0.2, 0) is 6.61 Å². The van der Waals surface area contributed by atoms with E-state index in [1.807, 2.05) is 47.9 Å². The lowest BCUT2D eigenvalue weighted by atomic mass is 10.1. The molecule has 0 aliphatic carbocycles. The number of nitrogens with zero attached hydrogens (tertiary/aromatic N) is 5. The summed E-state index contributed by atoms with van der Waals surface area (Å²) in [7, 11) is 0. The van der Waals surface area contributed by atoms with Crippen LogP contribution >= 0.6 is 0 Å². The van der Waals surface area contributed by atoms with E-state index in [0.717, 1.165) is 33.8 Å². The predicted molar refractivity (Wildman–Crippen MR) is 115 cm³/mol. The minimum atomic E-state index is -0.269. The maximum absolute atomic E-state index is 13.0. The van der Waals surface area contributed by atoms with Crippen molar-refractivity contribution >= 4 is 5.78 Å². The van der Waals surface area contributed by atoms with Crippen molar-refractivity contribution in [3.8, 4) is 28.4 Å². The molecule has 0 fully saturated rings. The molecule has 5 aromatic rings. The summed E-state index contributed by atoms with van der Waals surface area (Å²) in [5.74, 6) is 0.828. The van der Waals surface area contributed by atoms with Gasteiger partial charge in [-0.1, -0.05) is 12.1 Å². The molecule has 5 rings (SSSR count). The summed E-state index contributed by atoms with van der Waals surface area (Å²) in [5, 5.41) is 0. The molecule has 0 aliphatic rings. The molecule has 0 saturated heterocycles. The van der Waals surface area contributed by atoms with Crippen LogP contribution in [0.25, 0.3) is 28.3 Å². The third kappa shape index (κ3) is 3.85. The van der Waals surface area contributed by atoms with Gasteiger partial charge in [-0.25, -0.2) is 19.3 Å². The van der Waals surface area contributed by atoms with E-state index in [1.54, 1.807) is 30.7 Å². The highest BCUT2D eigenvalue weighted by Crippen LogP contribution is 2.32. The van der Waals surface area contributed by atoms with Crippen molar-refractivity contribution in [1.29, 1.82) is 0 Å². The fourth-order valence-corrected chi connectivity index (χ4v) is 3.40. The number of ether oxygens (including phenoxy) is 1. The van der Waals surface area contributed by atoms with Gasteiger partial charge in [0.25, 0.3) is 0 Å². The van der Waals surface area contributed by atoms with E-state index in [9.17, 15) is 4.39 Å². The van der Waals surface area contributed by atoms with E-state index >= 15 is 0 Å². The molecule has 0 spiro atoms. The van der Waals surface area contributed by atoms with Gasteiger partial charge in [0.1, 0.15) is 12.4 Å². The fourth-order valence-electron chi connectivity index (χ4n) is 3.40. The molecular formula is C24H18FN5O. The minimum absolute atomic E-state index is 0.269. The lowest BCUT2D eigenvalue weighted by molar-refractivity contribution is 0.294. The van der Waals surface area contributed by atoms with Crippen molar-refractivity contribution in [2.45, 2.75) is 13.5 Å². The number of fused-ring (bicyclic) bond motifs is 1. The topological polar surface area (TPSA) is 65.2 Å². The second-order valence-electron chi connectivity index (χ2n) is 7.08. The summed E-state index contributed by atoms with van der Waals surface area (Å²) in [6.07, 6.45) is 7.18. The van der Waals surface area contributed by atoms with Crippen molar-refractivity contribution in [1.82, 2.24) is 24.3 Å². The Morgan fingerprint density at radius 2 is 1.81 bits per heavy atom. The van der Waals surface area contributed by atoms with Crippen molar-refractivity contribution in [3.63, 3.8) is 0 Å². The van der Waals surface area contributed by atoms with E-state index in [0.29, 0.717) is 18.3 Å². The smallest absolute Gasteiger partial charge is 0.234 e. The Labute approximate surface area is 178 Å². The van der Waals surface area contributed by atoms with Gasteiger partial charge in [0.05, 0.1) is 11.4 Å². The Hall–Kier alpha value is -4.13. The van der Waals surface area contributed by atoms with Crippen LogP contribution in [0.5, 0.6) is 5.88 Å². The number of pyridine rings is 2. The SMILES string of the molecule is Cc1cc(-c2nc3ncccn3c2-c2ccc(OCc3ccc(F)cc3)nc2)ccn1. The van der Waals surface area contributed by atoms with Crippen LogP contribution in [0.2, 0.25) is 0 Å². The number of halogens is 1. The lowest BCUT2D eigenvalue weighted by Gasteiger charge is -2.08. The monoisotopic (exact) mass is 411 g/mol. The zero-order chi connectivity index (χ0) is 21.2. The molecule has 0 saturated carbocycles. The van der Waals surface area contributed by atoms with Gasteiger partial charge < -0.3 is 4.74 Å². The van der Waals surface area contributed by atoms with Crippen LogP contribution in [0, 0.1) is 12.7 Å². The van der Waals surface area contributed by atoms with Crippen LogP contribution in [0.4, 0.5) is 4.39 Å². The highest BCUT2D eigenvalue weighted by atomic mass is 19.1. The Morgan fingerprint density at radius 1 is 0.935 bits per heavy atom. The number of imidazole rings is 1.